The number of carbonyl (C=O) groups is 1. The van der Waals surface area contributed by atoms with Crippen LogP contribution in [0.3, 0.4) is 0 Å². The quantitative estimate of drug-likeness (QED) is 0.504. The number of nitrogens with one attached hydrogen (secondary N) is 1. The molecule has 0 spiro atoms. The first kappa shape index (κ1) is 16.3. The maximum Gasteiger partial charge on any atom is 0.273 e. The Kier molecular flexibility index (Phi) is 3.69. The molecule has 3 heterocycles. The van der Waals surface area contributed by atoms with Crippen LogP contribution in [0, 0.1) is 0 Å². The van der Waals surface area contributed by atoms with Crippen molar-refractivity contribution < 1.29 is 9.21 Å². The molecule has 0 aliphatic carbocycles. The summed E-state index contributed by atoms with van der Waals surface area (Å²) < 4.78 is 7.62. The summed E-state index contributed by atoms with van der Waals surface area (Å²) in [6.45, 7) is 0. The molecule has 0 bridgehead atoms. The van der Waals surface area contributed by atoms with E-state index in [-0.39, 0.29) is 5.91 Å². The Morgan fingerprint density at radius 2 is 1.89 bits per heavy atom. The summed E-state index contributed by atoms with van der Waals surface area (Å²) in [6, 6.07) is 18.9. The van der Waals surface area contributed by atoms with E-state index in [1.165, 1.54) is 0 Å². The molecule has 6 heteroatoms. The molecule has 0 fully saturated rings. The number of para-hydroxylation sites is 3. The van der Waals surface area contributed by atoms with Crippen molar-refractivity contribution in [3.8, 4) is 11.5 Å². The second-order valence-electron chi connectivity index (χ2n) is 6.51. The van der Waals surface area contributed by atoms with Gasteiger partial charge in [0.2, 0.25) is 5.89 Å². The lowest BCUT2D eigenvalue weighted by Gasteiger charge is -2.10. The number of rotatable bonds is 3. The molecule has 0 atom stereocenters. The molecule has 0 unspecified atom stereocenters. The highest BCUT2D eigenvalue weighted by Gasteiger charge is 2.21. The highest BCUT2D eigenvalue weighted by Crippen LogP contribution is 2.29. The Balaban J connectivity index is 1.56. The van der Waals surface area contributed by atoms with Crippen molar-refractivity contribution in [2.75, 3.05) is 5.32 Å². The summed E-state index contributed by atoms with van der Waals surface area (Å²) in [6.07, 6.45) is 3.53. The van der Waals surface area contributed by atoms with Gasteiger partial charge in [-0.3, -0.25) is 9.78 Å². The molecule has 1 N–H and O–H groups in total. The molecule has 5 aromatic rings. The van der Waals surface area contributed by atoms with Gasteiger partial charge in [0.1, 0.15) is 11.2 Å². The Morgan fingerprint density at radius 1 is 1.04 bits per heavy atom. The van der Waals surface area contributed by atoms with E-state index in [1.807, 2.05) is 73.9 Å². The normalized spacial score (nSPS) is 11.2. The van der Waals surface area contributed by atoms with Crippen LogP contribution in [0.4, 0.5) is 5.69 Å². The second-order valence-corrected chi connectivity index (χ2v) is 6.51. The third-order valence-corrected chi connectivity index (χ3v) is 4.69. The van der Waals surface area contributed by atoms with Gasteiger partial charge in [-0.1, -0.05) is 30.3 Å². The summed E-state index contributed by atoms with van der Waals surface area (Å²) >= 11 is 0. The number of hydrogen-bond donors (Lipinski definition) is 1. The maximum absolute atomic E-state index is 13.1. The zero-order chi connectivity index (χ0) is 19.1. The van der Waals surface area contributed by atoms with Gasteiger partial charge in [0.25, 0.3) is 5.91 Å². The molecule has 5 rings (SSSR count). The van der Waals surface area contributed by atoms with Gasteiger partial charge in [-0.15, -0.1) is 0 Å². The van der Waals surface area contributed by atoms with Crippen LogP contribution in [0.5, 0.6) is 0 Å². The minimum absolute atomic E-state index is 0.247. The monoisotopic (exact) mass is 368 g/mol. The number of fused-ring (bicyclic) bond motifs is 2. The van der Waals surface area contributed by atoms with Crippen LogP contribution >= 0.6 is 0 Å². The number of hydrogen-bond acceptors (Lipinski definition) is 4. The molecule has 2 aromatic carbocycles. The van der Waals surface area contributed by atoms with E-state index in [0.717, 1.165) is 16.4 Å². The van der Waals surface area contributed by atoms with Crippen molar-refractivity contribution in [2.45, 2.75) is 0 Å². The number of anilines is 1. The summed E-state index contributed by atoms with van der Waals surface area (Å²) in [7, 11) is 1.82. The number of oxazole rings is 1. The van der Waals surface area contributed by atoms with Crippen molar-refractivity contribution in [3.63, 3.8) is 0 Å². The Morgan fingerprint density at radius 3 is 2.79 bits per heavy atom. The molecule has 0 saturated heterocycles. The first-order valence-electron chi connectivity index (χ1n) is 8.87. The number of aromatic nitrogens is 3. The number of aryl methyl sites for hydroxylation is 1. The van der Waals surface area contributed by atoms with E-state index in [1.54, 1.807) is 10.8 Å². The van der Waals surface area contributed by atoms with Gasteiger partial charge >= 0.3 is 0 Å². The predicted molar refractivity (Wildman–Crippen MR) is 108 cm³/mol. The minimum Gasteiger partial charge on any atom is -0.436 e. The lowest BCUT2D eigenvalue weighted by Crippen LogP contribution is -2.17. The molecule has 136 valence electrons. The van der Waals surface area contributed by atoms with E-state index in [9.17, 15) is 4.79 Å². The van der Waals surface area contributed by atoms with Gasteiger partial charge < -0.3 is 14.3 Å². The van der Waals surface area contributed by atoms with Gasteiger partial charge in [-0.25, -0.2) is 4.98 Å². The van der Waals surface area contributed by atoms with E-state index in [0.29, 0.717) is 28.4 Å². The maximum atomic E-state index is 13.1. The average molecular weight is 368 g/mol. The highest BCUT2D eigenvalue weighted by atomic mass is 16.3. The number of carbonyl (C=O) groups excluding carboxylic acids is 1. The van der Waals surface area contributed by atoms with Crippen molar-refractivity contribution in [3.05, 3.63) is 78.8 Å². The first-order chi connectivity index (χ1) is 13.7. The zero-order valence-corrected chi connectivity index (χ0v) is 15.1. The van der Waals surface area contributed by atoms with Crippen LogP contribution in [0.2, 0.25) is 0 Å². The molecule has 0 radical (unpaired) electrons. The van der Waals surface area contributed by atoms with Crippen LogP contribution in [-0.2, 0) is 7.05 Å². The molecule has 0 aliphatic rings. The summed E-state index contributed by atoms with van der Waals surface area (Å²) in [4.78, 5) is 22.0. The number of nitrogens with zero attached hydrogens (tertiary/aromatic N) is 3. The molecule has 3 aromatic heterocycles. The summed E-state index contributed by atoms with van der Waals surface area (Å²) in [5.74, 6) is 0.172. The van der Waals surface area contributed by atoms with Crippen molar-refractivity contribution in [1.29, 1.82) is 0 Å². The predicted octanol–water partition coefficient (Wildman–Crippen LogP) is 4.63. The minimum atomic E-state index is -0.247. The van der Waals surface area contributed by atoms with E-state index < -0.39 is 0 Å². The van der Waals surface area contributed by atoms with E-state index >= 15 is 0 Å². The zero-order valence-electron chi connectivity index (χ0n) is 15.1. The average Bonchev–Trinajstić information content (AvgIpc) is 3.31. The van der Waals surface area contributed by atoms with Gasteiger partial charge in [0.05, 0.1) is 16.8 Å². The first-order valence-corrected chi connectivity index (χ1v) is 8.87. The van der Waals surface area contributed by atoms with Crippen molar-refractivity contribution >= 4 is 33.6 Å². The molecule has 1 amide bonds. The molecule has 6 nitrogen and oxygen atoms in total. The Hall–Kier alpha value is -3.93. The van der Waals surface area contributed by atoms with Gasteiger partial charge in [0, 0.05) is 24.8 Å². The second kappa shape index (κ2) is 6.35. The van der Waals surface area contributed by atoms with Crippen LogP contribution in [0.25, 0.3) is 33.5 Å². The van der Waals surface area contributed by atoms with Gasteiger partial charge in [-0.2, -0.15) is 0 Å². The molecular formula is C22H16N4O2. The number of pyridine rings is 1. The van der Waals surface area contributed by atoms with Crippen LogP contribution in [0.15, 0.2) is 77.5 Å². The van der Waals surface area contributed by atoms with Crippen LogP contribution in [0.1, 0.15) is 10.5 Å². The SMILES string of the molecule is Cn1ccc(-c2nc3ccccc3o2)c1C(=O)Nc1cccc2cccnc12. The molecular weight excluding hydrogens is 352 g/mol. The Labute approximate surface area is 160 Å². The largest absolute Gasteiger partial charge is 0.436 e. The fraction of sp³-hybridized carbons (Fsp3) is 0.0455. The highest BCUT2D eigenvalue weighted by molar-refractivity contribution is 6.10. The summed E-state index contributed by atoms with van der Waals surface area (Å²) in [5.41, 5.74) is 3.96. The molecule has 0 saturated carbocycles. The van der Waals surface area contributed by atoms with Crippen LogP contribution < -0.4 is 5.32 Å². The fourth-order valence-electron chi connectivity index (χ4n) is 3.36. The van der Waals surface area contributed by atoms with Crippen molar-refractivity contribution in [1.82, 2.24) is 14.5 Å². The standard InChI is InChI=1S/C22H16N4O2/c1-26-13-11-15(22-25-16-8-2-3-10-18(16)28-22)20(26)21(27)24-17-9-4-6-14-7-5-12-23-19(14)17/h2-13H,1H3,(H,24,27). The molecule has 28 heavy (non-hydrogen) atoms. The topological polar surface area (TPSA) is 73.0 Å². The third kappa shape index (κ3) is 2.63. The van der Waals surface area contributed by atoms with Gasteiger partial charge in [0.15, 0.2) is 5.58 Å². The van der Waals surface area contributed by atoms with Crippen molar-refractivity contribution in [2.24, 2.45) is 7.05 Å². The van der Waals surface area contributed by atoms with E-state index in [4.69, 9.17) is 4.42 Å². The fourth-order valence-corrected chi connectivity index (χ4v) is 3.36. The van der Waals surface area contributed by atoms with E-state index in [2.05, 4.69) is 15.3 Å². The van der Waals surface area contributed by atoms with Crippen LogP contribution in [-0.4, -0.2) is 20.4 Å². The third-order valence-electron chi connectivity index (χ3n) is 4.69. The molecule has 0 aliphatic heterocycles. The lowest BCUT2D eigenvalue weighted by atomic mass is 10.1. The summed E-state index contributed by atoms with van der Waals surface area (Å²) in [5, 5.41) is 3.94. The van der Waals surface area contributed by atoms with Gasteiger partial charge in [-0.05, 0) is 30.3 Å². The smallest absolute Gasteiger partial charge is 0.273 e. The Bertz CT molecular complexity index is 1290. The number of benzene rings is 2. The lowest BCUT2D eigenvalue weighted by molar-refractivity contribution is 0.102. The number of amides is 1.